The van der Waals surface area contributed by atoms with E-state index in [2.05, 4.69) is 40.7 Å². The standard InChI is InChI=1S/C22H28N2O2S/c1-23(22(25)9-5-8-19-6-3-2-4-7-19)18-20-10-12-21(13-11-20)27-24-14-16-26-17-15-24/h2-4,6-7,10-13H,5,8-9,14-18H2,1H3. The summed E-state index contributed by atoms with van der Waals surface area (Å²) in [7, 11) is 1.89. The molecule has 1 heterocycles. The van der Waals surface area contributed by atoms with Gasteiger partial charge in [-0.1, -0.05) is 42.5 Å². The van der Waals surface area contributed by atoms with E-state index in [1.54, 1.807) is 11.9 Å². The fourth-order valence-electron chi connectivity index (χ4n) is 3.08. The van der Waals surface area contributed by atoms with Gasteiger partial charge < -0.3 is 9.64 Å². The molecule has 27 heavy (non-hydrogen) atoms. The molecular formula is C22H28N2O2S. The Morgan fingerprint density at radius 1 is 1.04 bits per heavy atom. The van der Waals surface area contributed by atoms with Gasteiger partial charge in [0.15, 0.2) is 0 Å². The Hall–Kier alpha value is -1.82. The van der Waals surface area contributed by atoms with Gasteiger partial charge in [-0.3, -0.25) is 4.79 Å². The minimum atomic E-state index is 0.206. The molecule has 0 N–H and O–H groups in total. The molecule has 0 spiro atoms. The van der Waals surface area contributed by atoms with Crippen LogP contribution in [0.4, 0.5) is 0 Å². The van der Waals surface area contributed by atoms with Gasteiger partial charge in [-0.15, -0.1) is 0 Å². The first-order chi connectivity index (χ1) is 13.2. The number of amides is 1. The number of carbonyl (C=O) groups is 1. The largest absolute Gasteiger partial charge is 0.379 e. The predicted molar refractivity (Wildman–Crippen MR) is 111 cm³/mol. The van der Waals surface area contributed by atoms with Gasteiger partial charge in [0.25, 0.3) is 0 Å². The topological polar surface area (TPSA) is 32.8 Å². The number of hydrogen-bond donors (Lipinski definition) is 0. The van der Waals surface area contributed by atoms with Crippen LogP contribution in [-0.4, -0.2) is 48.5 Å². The number of morpholine rings is 1. The van der Waals surface area contributed by atoms with E-state index in [4.69, 9.17) is 4.74 Å². The molecule has 0 bridgehead atoms. The highest BCUT2D eigenvalue weighted by Crippen LogP contribution is 2.24. The molecule has 1 fully saturated rings. The van der Waals surface area contributed by atoms with Gasteiger partial charge in [0.05, 0.1) is 13.2 Å². The van der Waals surface area contributed by atoms with Gasteiger partial charge in [-0.25, -0.2) is 4.31 Å². The summed E-state index contributed by atoms with van der Waals surface area (Å²) in [5.74, 6) is 0.206. The second kappa shape index (κ2) is 10.5. The van der Waals surface area contributed by atoms with Crippen LogP contribution in [0, 0.1) is 0 Å². The predicted octanol–water partition coefficient (Wildman–Crippen LogP) is 4.01. The lowest BCUT2D eigenvalue weighted by atomic mass is 10.1. The maximum atomic E-state index is 12.4. The average molecular weight is 385 g/mol. The summed E-state index contributed by atoms with van der Waals surface area (Å²) in [5, 5.41) is 0. The van der Waals surface area contributed by atoms with Gasteiger partial charge >= 0.3 is 0 Å². The Morgan fingerprint density at radius 3 is 2.44 bits per heavy atom. The molecular weight excluding hydrogens is 356 g/mol. The molecule has 1 aliphatic rings. The Morgan fingerprint density at radius 2 is 1.74 bits per heavy atom. The quantitative estimate of drug-likeness (QED) is 0.644. The van der Waals surface area contributed by atoms with Crippen LogP contribution in [0.5, 0.6) is 0 Å². The normalized spacial score (nSPS) is 14.9. The minimum absolute atomic E-state index is 0.206. The van der Waals surface area contributed by atoms with E-state index >= 15 is 0 Å². The highest BCUT2D eigenvalue weighted by Gasteiger charge is 2.12. The first kappa shape index (κ1) is 19.9. The zero-order valence-corrected chi connectivity index (χ0v) is 16.8. The van der Waals surface area contributed by atoms with Crippen molar-refractivity contribution in [3.8, 4) is 0 Å². The van der Waals surface area contributed by atoms with Crippen molar-refractivity contribution in [3.63, 3.8) is 0 Å². The Labute approximate surface area is 166 Å². The summed E-state index contributed by atoms with van der Waals surface area (Å²) < 4.78 is 7.72. The van der Waals surface area contributed by atoms with Gasteiger partial charge in [-0.2, -0.15) is 0 Å². The number of carbonyl (C=O) groups excluding carboxylic acids is 1. The van der Waals surface area contributed by atoms with Crippen molar-refractivity contribution in [2.75, 3.05) is 33.4 Å². The van der Waals surface area contributed by atoms with E-state index < -0.39 is 0 Å². The lowest BCUT2D eigenvalue weighted by Crippen LogP contribution is -2.30. The van der Waals surface area contributed by atoms with Crippen molar-refractivity contribution in [2.45, 2.75) is 30.7 Å². The fraction of sp³-hybridized carbons (Fsp3) is 0.409. The van der Waals surface area contributed by atoms with E-state index in [-0.39, 0.29) is 5.91 Å². The highest BCUT2D eigenvalue weighted by atomic mass is 32.2. The average Bonchev–Trinajstić information content (AvgIpc) is 2.71. The molecule has 0 aromatic heterocycles. The van der Waals surface area contributed by atoms with E-state index in [1.165, 1.54) is 16.0 Å². The van der Waals surface area contributed by atoms with Crippen molar-refractivity contribution < 1.29 is 9.53 Å². The van der Waals surface area contributed by atoms with E-state index in [9.17, 15) is 4.79 Å². The number of hydrogen-bond acceptors (Lipinski definition) is 4. The monoisotopic (exact) mass is 384 g/mol. The van der Waals surface area contributed by atoms with Crippen molar-refractivity contribution in [3.05, 3.63) is 65.7 Å². The number of nitrogens with zero attached hydrogens (tertiary/aromatic N) is 2. The second-order valence-electron chi connectivity index (χ2n) is 6.87. The third kappa shape index (κ3) is 6.69. The molecule has 5 heteroatoms. The lowest BCUT2D eigenvalue weighted by molar-refractivity contribution is -0.130. The van der Waals surface area contributed by atoms with Gasteiger partial charge in [0.2, 0.25) is 5.91 Å². The number of ether oxygens (including phenoxy) is 1. The lowest BCUT2D eigenvalue weighted by Gasteiger charge is -2.25. The maximum absolute atomic E-state index is 12.4. The fourth-order valence-corrected chi connectivity index (χ4v) is 3.97. The van der Waals surface area contributed by atoms with Crippen molar-refractivity contribution in [2.24, 2.45) is 0 Å². The Kier molecular flexibility index (Phi) is 7.75. The molecule has 2 aromatic carbocycles. The van der Waals surface area contributed by atoms with E-state index in [0.717, 1.165) is 39.1 Å². The molecule has 1 amide bonds. The van der Waals surface area contributed by atoms with Crippen LogP contribution in [-0.2, 0) is 22.5 Å². The van der Waals surface area contributed by atoms with Crippen LogP contribution in [0.2, 0.25) is 0 Å². The van der Waals surface area contributed by atoms with Crippen molar-refractivity contribution in [1.82, 2.24) is 9.21 Å². The molecule has 0 aliphatic carbocycles. The third-order valence-corrected chi connectivity index (χ3v) is 5.78. The summed E-state index contributed by atoms with van der Waals surface area (Å²) in [6.45, 7) is 4.20. The van der Waals surface area contributed by atoms with E-state index in [0.29, 0.717) is 13.0 Å². The van der Waals surface area contributed by atoms with Crippen LogP contribution in [0.1, 0.15) is 24.0 Å². The molecule has 0 atom stereocenters. The number of aryl methyl sites for hydroxylation is 1. The first-order valence-corrected chi connectivity index (χ1v) is 10.4. The van der Waals surface area contributed by atoms with Crippen molar-refractivity contribution in [1.29, 1.82) is 0 Å². The van der Waals surface area contributed by atoms with Gasteiger partial charge in [0.1, 0.15) is 0 Å². The van der Waals surface area contributed by atoms with Crippen LogP contribution < -0.4 is 0 Å². The zero-order chi connectivity index (χ0) is 18.9. The highest BCUT2D eigenvalue weighted by molar-refractivity contribution is 7.97. The molecule has 1 aliphatic heterocycles. The van der Waals surface area contributed by atoms with Crippen molar-refractivity contribution >= 4 is 17.9 Å². The second-order valence-corrected chi connectivity index (χ2v) is 8.04. The van der Waals surface area contributed by atoms with Gasteiger partial charge in [0, 0.05) is 38.0 Å². The van der Waals surface area contributed by atoms with Crippen LogP contribution in [0.25, 0.3) is 0 Å². The summed E-state index contributed by atoms with van der Waals surface area (Å²) in [4.78, 5) is 15.4. The number of benzene rings is 2. The van der Waals surface area contributed by atoms with Crippen LogP contribution >= 0.6 is 11.9 Å². The molecule has 144 valence electrons. The number of rotatable bonds is 8. The SMILES string of the molecule is CN(Cc1ccc(SN2CCOCC2)cc1)C(=O)CCCc1ccccc1. The molecule has 3 rings (SSSR count). The van der Waals surface area contributed by atoms with Crippen LogP contribution in [0.15, 0.2) is 59.5 Å². The van der Waals surface area contributed by atoms with E-state index in [1.807, 2.05) is 30.1 Å². The first-order valence-electron chi connectivity index (χ1n) is 9.58. The molecule has 0 unspecified atom stereocenters. The smallest absolute Gasteiger partial charge is 0.222 e. The minimum Gasteiger partial charge on any atom is -0.379 e. The molecule has 0 saturated carbocycles. The summed E-state index contributed by atoms with van der Waals surface area (Å²) in [6.07, 6.45) is 2.44. The maximum Gasteiger partial charge on any atom is 0.222 e. The molecule has 4 nitrogen and oxygen atoms in total. The summed E-state index contributed by atoms with van der Waals surface area (Å²) >= 11 is 1.78. The summed E-state index contributed by atoms with van der Waals surface area (Å²) in [6, 6.07) is 18.9. The molecule has 2 aromatic rings. The molecule has 0 radical (unpaired) electrons. The Balaban J connectivity index is 1.41. The Bertz CT molecular complexity index is 700. The van der Waals surface area contributed by atoms with Crippen LogP contribution in [0.3, 0.4) is 0 Å². The summed E-state index contributed by atoms with van der Waals surface area (Å²) in [5.41, 5.74) is 2.46. The zero-order valence-electron chi connectivity index (χ0n) is 16.0. The molecule has 1 saturated heterocycles. The third-order valence-electron chi connectivity index (χ3n) is 4.67. The van der Waals surface area contributed by atoms with Gasteiger partial charge in [-0.05, 0) is 48.0 Å².